The van der Waals surface area contributed by atoms with Gasteiger partial charge in [0.05, 0.1) is 6.61 Å². The van der Waals surface area contributed by atoms with Crippen LogP contribution in [0.4, 0.5) is 0 Å². The first kappa shape index (κ1) is 14.6. The molecule has 1 aromatic carbocycles. The first-order chi connectivity index (χ1) is 10.4. The largest absolute Gasteiger partial charge is 0.458 e. The Labute approximate surface area is 125 Å². The van der Waals surface area contributed by atoms with Crippen LogP contribution in [0.15, 0.2) is 34.7 Å². The predicted octanol–water partition coefficient (Wildman–Crippen LogP) is 3.14. The molecule has 1 aromatic heterocycles. The molecule has 0 amide bonds. The molecule has 4 heteroatoms. The summed E-state index contributed by atoms with van der Waals surface area (Å²) >= 11 is 0. The smallest absolute Gasteiger partial charge is 0.134 e. The second-order valence-electron chi connectivity index (χ2n) is 5.58. The third kappa shape index (κ3) is 3.46. The van der Waals surface area contributed by atoms with E-state index in [1.165, 1.54) is 6.42 Å². The molecule has 1 fully saturated rings. The van der Waals surface area contributed by atoms with E-state index in [9.17, 15) is 0 Å². The van der Waals surface area contributed by atoms with Crippen molar-refractivity contribution in [1.29, 1.82) is 0 Å². The summed E-state index contributed by atoms with van der Waals surface area (Å²) < 4.78 is 17.1. The zero-order valence-electron chi connectivity index (χ0n) is 12.5. The van der Waals surface area contributed by atoms with Crippen molar-refractivity contribution in [1.82, 2.24) is 5.32 Å². The van der Waals surface area contributed by atoms with Crippen LogP contribution >= 0.6 is 0 Å². The van der Waals surface area contributed by atoms with Crippen molar-refractivity contribution >= 4 is 11.0 Å². The second kappa shape index (κ2) is 7.07. The summed E-state index contributed by atoms with van der Waals surface area (Å²) in [5.41, 5.74) is 0.938. The molecule has 1 aliphatic rings. The van der Waals surface area contributed by atoms with Crippen molar-refractivity contribution in [3.05, 3.63) is 36.1 Å². The summed E-state index contributed by atoms with van der Waals surface area (Å²) in [5, 5.41) is 4.59. The van der Waals surface area contributed by atoms with Crippen molar-refractivity contribution in [3.63, 3.8) is 0 Å². The maximum Gasteiger partial charge on any atom is 0.134 e. The lowest BCUT2D eigenvalue weighted by molar-refractivity contribution is -0.0390. The second-order valence-corrected chi connectivity index (χ2v) is 5.58. The van der Waals surface area contributed by atoms with Gasteiger partial charge in [0.1, 0.15) is 17.4 Å². The minimum atomic E-state index is 0.0567. The van der Waals surface area contributed by atoms with Gasteiger partial charge in [0.2, 0.25) is 0 Å². The lowest BCUT2D eigenvalue weighted by Gasteiger charge is -2.30. The summed E-state index contributed by atoms with van der Waals surface area (Å²) in [6, 6.07) is 10.2. The van der Waals surface area contributed by atoms with Crippen LogP contribution in [0.2, 0.25) is 0 Å². The SMILES string of the molecule is COCCNCC1CCCOC1c1cc2ccccc2o1. The Morgan fingerprint density at radius 2 is 2.24 bits per heavy atom. The van der Waals surface area contributed by atoms with Crippen LogP contribution in [0.25, 0.3) is 11.0 Å². The molecule has 3 rings (SSSR count). The van der Waals surface area contributed by atoms with Gasteiger partial charge in [-0.25, -0.2) is 0 Å². The number of hydrogen-bond donors (Lipinski definition) is 1. The lowest BCUT2D eigenvalue weighted by Crippen LogP contribution is -2.33. The summed E-state index contributed by atoms with van der Waals surface area (Å²) in [6.07, 6.45) is 2.34. The number of methoxy groups -OCH3 is 1. The van der Waals surface area contributed by atoms with E-state index in [4.69, 9.17) is 13.9 Å². The van der Waals surface area contributed by atoms with Gasteiger partial charge in [-0.3, -0.25) is 0 Å². The molecule has 1 N–H and O–H groups in total. The van der Waals surface area contributed by atoms with Gasteiger partial charge in [0.25, 0.3) is 0 Å². The van der Waals surface area contributed by atoms with Crippen LogP contribution in [0.1, 0.15) is 24.7 Å². The van der Waals surface area contributed by atoms with E-state index in [1.54, 1.807) is 7.11 Å². The highest BCUT2D eigenvalue weighted by molar-refractivity contribution is 5.77. The highest BCUT2D eigenvalue weighted by Gasteiger charge is 2.29. The highest BCUT2D eigenvalue weighted by atomic mass is 16.5. The van der Waals surface area contributed by atoms with Crippen molar-refractivity contribution in [2.75, 3.05) is 33.4 Å². The third-order valence-electron chi connectivity index (χ3n) is 4.06. The molecular weight excluding hydrogens is 266 g/mol. The van der Waals surface area contributed by atoms with Gasteiger partial charge >= 0.3 is 0 Å². The van der Waals surface area contributed by atoms with Crippen LogP contribution in [0.3, 0.4) is 0 Å². The molecule has 1 saturated heterocycles. The number of fused-ring (bicyclic) bond motifs is 1. The fourth-order valence-electron chi connectivity index (χ4n) is 2.97. The van der Waals surface area contributed by atoms with Gasteiger partial charge in [0, 0.05) is 38.1 Å². The van der Waals surface area contributed by atoms with Crippen molar-refractivity contribution in [2.24, 2.45) is 5.92 Å². The maximum atomic E-state index is 6.00. The predicted molar refractivity (Wildman–Crippen MR) is 82.4 cm³/mol. The Morgan fingerprint density at radius 3 is 3.10 bits per heavy atom. The van der Waals surface area contributed by atoms with E-state index in [2.05, 4.69) is 17.4 Å². The van der Waals surface area contributed by atoms with E-state index < -0.39 is 0 Å². The number of para-hydroxylation sites is 1. The molecule has 21 heavy (non-hydrogen) atoms. The van der Waals surface area contributed by atoms with E-state index in [0.29, 0.717) is 5.92 Å². The number of ether oxygens (including phenoxy) is 2. The maximum absolute atomic E-state index is 6.00. The molecular formula is C17H23NO3. The van der Waals surface area contributed by atoms with E-state index in [1.807, 2.05) is 18.2 Å². The van der Waals surface area contributed by atoms with Crippen molar-refractivity contribution < 1.29 is 13.9 Å². The normalized spacial score (nSPS) is 22.7. The molecule has 0 radical (unpaired) electrons. The molecule has 0 spiro atoms. The Kier molecular flexibility index (Phi) is 4.91. The molecule has 0 aliphatic carbocycles. The number of furan rings is 1. The summed E-state index contributed by atoms with van der Waals surface area (Å²) in [7, 11) is 1.72. The molecule has 0 bridgehead atoms. The Balaban J connectivity index is 1.70. The first-order valence-electron chi connectivity index (χ1n) is 7.68. The quantitative estimate of drug-likeness (QED) is 0.830. The molecule has 4 nitrogen and oxygen atoms in total. The number of benzene rings is 1. The molecule has 0 saturated carbocycles. The van der Waals surface area contributed by atoms with Gasteiger partial charge in [-0.2, -0.15) is 0 Å². The van der Waals surface area contributed by atoms with Crippen LogP contribution in [-0.4, -0.2) is 33.4 Å². The summed E-state index contributed by atoms with van der Waals surface area (Å²) in [5.74, 6) is 1.41. The molecule has 2 heterocycles. The first-order valence-corrected chi connectivity index (χ1v) is 7.68. The molecule has 2 unspecified atom stereocenters. The Morgan fingerprint density at radius 1 is 1.33 bits per heavy atom. The minimum Gasteiger partial charge on any atom is -0.458 e. The van der Waals surface area contributed by atoms with E-state index >= 15 is 0 Å². The topological polar surface area (TPSA) is 43.6 Å². The van der Waals surface area contributed by atoms with Gasteiger partial charge in [-0.1, -0.05) is 18.2 Å². The van der Waals surface area contributed by atoms with Crippen molar-refractivity contribution in [3.8, 4) is 0 Å². The van der Waals surface area contributed by atoms with E-state index in [-0.39, 0.29) is 6.10 Å². The number of hydrogen-bond acceptors (Lipinski definition) is 4. The lowest BCUT2D eigenvalue weighted by atomic mass is 9.92. The average molecular weight is 289 g/mol. The zero-order chi connectivity index (χ0) is 14.5. The van der Waals surface area contributed by atoms with Crippen LogP contribution < -0.4 is 5.32 Å². The molecule has 1 aliphatic heterocycles. The molecule has 2 atom stereocenters. The summed E-state index contributed by atoms with van der Waals surface area (Å²) in [4.78, 5) is 0. The fourth-order valence-corrected chi connectivity index (χ4v) is 2.97. The zero-order valence-corrected chi connectivity index (χ0v) is 12.5. The Hall–Kier alpha value is -1.36. The van der Waals surface area contributed by atoms with Crippen LogP contribution in [0.5, 0.6) is 0 Å². The van der Waals surface area contributed by atoms with Gasteiger partial charge < -0.3 is 19.2 Å². The standard InChI is InChI=1S/C17H23NO3/c1-19-10-8-18-12-14-6-4-9-20-17(14)16-11-13-5-2-3-7-15(13)21-16/h2-3,5,7,11,14,17-18H,4,6,8-10,12H2,1H3. The average Bonchev–Trinajstić information content (AvgIpc) is 2.96. The monoisotopic (exact) mass is 289 g/mol. The van der Waals surface area contributed by atoms with Crippen LogP contribution in [-0.2, 0) is 9.47 Å². The molecule has 2 aromatic rings. The third-order valence-corrected chi connectivity index (χ3v) is 4.06. The number of rotatable bonds is 6. The van der Waals surface area contributed by atoms with Crippen molar-refractivity contribution in [2.45, 2.75) is 18.9 Å². The fraction of sp³-hybridized carbons (Fsp3) is 0.529. The Bertz CT molecular complexity index is 533. The summed E-state index contributed by atoms with van der Waals surface area (Å²) in [6.45, 7) is 3.37. The highest BCUT2D eigenvalue weighted by Crippen LogP contribution is 2.36. The van der Waals surface area contributed by atoms with Gasteiger partial charge in [0.15, 0.2) is 0 Å². The molecule has 114 valence electrons. The number of nitrogens with one attached hydrogen (secondary N) is 1. The minimum absolute atomic E-state index is 0.0567. The van der Waals surface area contributed by atoms with E-state index in [0.717, 1.165) is 49.5 Å². The van der Waals surface area contributed by atoms with Crippen LogP contribution in [0, 0.1) is 5.92 Å². The van der Waals surface area contributed by atoms with Gasteiger partial charge in [-0.15, -0.1) is 0 Å². The van der Waals surface area contributed by atoms with Gasteiger partial charge in [-0.05, 0) is 25.0 Å².